The number of thioether (sulfide) groups is 1. The van der Waals surface area contributed by atoms with Crippen molar-refractivity contribution in [2.24, 2.45) is 35.1 Å². The minimum atomic E-state index is -1.57. The number of nitrogens with two attached hydrogens (primary N) is 2. The van der Waals surface area contributed by atoms with Gasteiger partial charge in [0.15, 0.2) is 0 Å². The molecule has 1 heterocycles. The highest BCUT2D eigenvalue weighted by Gasteiger charge is 2.40. The molecule has 1 aliphatic heterocycles. The van der Waals surface area contributed by atoms with Crippen LogP contribution < -0.4 is 54.0 Å². The van der Waals surface area contributed by atoms with E-state index in [1.165, 1.54) is 16.7 Å². The van der Waals surface area contributed by atoms with Gasteiger partial charge in [0.2, 0.25) is 53.2 Å². The average molecular weight is 1160 g/mol. The topological polar surface area (TPSA) is 380 Å². The maximum absolute atomic E-state index is 14.5. The predicted molar refractivity (Wildman–Crippen MR) is 308 cm³/mol. The third kappa shape index (κ3) is 24.7. The number of carbonyl (C=O) groups is 11. The quantitative estimate of drug-likeness (QED) is 0.0412. The maximum Gasteiger partial charge on any atom is 0.326 e. The van der Waals surface area contributed by atoms with Crippen molar-refractivity contribution in [3.05, 3.63) is 35.9 Å². The van der Waals surface area contributed by atoms with E-state index in [2.05, 4.69) is 42.5 Å². The first-order chi connectivity index (χ1) is 38.3. The van der Waals surface area contributed by atoms with Gasteiger partial charge in [0.05, 0.1) is 6.54 Å². The molecule has 0 bridgehead atoms. The highest BCUT2D eigenvalue weighted by Crippen LogP contribution is 2.21. The largest absolute Gasteiger partial charge is 0.481 e. The van der Waals surface area contributed by atoms with E-state index in [0.29, 0.717) is 50.0 Å². The number of hydrogen-bond acceptors (Lipinski definition) is 14. The molecular formula is C56H93N11O13S. The standard InChI is InChI=1S/C56H93N11O13S/c1-10-34(7)46(65-44(68)31-58)53(76)60-37(20-15-16-25-57)48(71)62-40(28-32(3)4)52(75)66-47(35(8)11-2)54(77)61-39(24-27-81-9)50(73)59-38(22-23-45(69)70)49(72)63-41(30-36-18-13-12-14-19-36)51(74)64-42(29-33(5)6)55(78)67-26-17-21-43(67)56(79)80/h12-14,18-19,32-35,37-43,46-47H,10-11,15-17,20-31,57-58H2,1-9H3,(H,59,73)(H,60,76)(H,61,77)(H,62,71)(H,63,72)(H,64,74)(H,65,68)(H,66,75)(H,69,70)(H,79,80)/t34-,35-,37-,38-,39-,40-,41-,42-,43-,46-,47-/m0/s1. The lowest BCUT2D eigenvalue weighted by Gasteiger charge is -2.31. The van der Waals surface area contributed by atoms with Crippen LogP contribution in [0.25, 0.3) is 0 Å². The first kappa shape index (κ1) is 70.8. The summed E-state index contributed by atoms with van der Waals surface area (Å²) in [6, 6.07) is -2.50. The molecule has 25 heteroatoms. The molecule has 0 saturated carbocycles. The first-order valence-electron chi connectivity index (χ1n) is 28.4. The van der Waals surface area contributed by atoms with Crippen molar-refractivity contribution in [2.75, 3.05) is 31.6 Å². The summed E-state index contributed by atoms with van der Waals surface area (Å²) in [5.74, 6) is -9.79. The van der Waals surface area contributed by atoms with E-state index in [4.69, 9.17) is 11.5 Å². The Bertz CT molecular complexity index is 2240. The summed E-state index contributed by atoms with van der Waals surface area (Å²) < 4.78 is 0. The van der Waals surface area contributed by atoms with Gasteiger partial charge in [0.1, 0.15) is 54.4 Å². The number of nitrogens with one attached hydrogen (secondary N) is 8. The van der Waals surface area contributed by atoms with Gasteiger partial charge in [-0.2, -0.15) is 11.8 Å². The summed E-state index contributed by atoms with van der Waals surface area (Å²) in [6.07, 6.45) is 3.66. The lowest BCUT2D eigenvalue weighted by Crippen LogP contribution is -2.61. The molecule has 0 unspecified atom stereocenters. The zero-order valence-electron chi connectivity index (χ0n) is 48.8. The number of carbonyl (C=O) groups excluding carboxylic acids is 9. The fraction of sp³-hybridized carbons (Fsp3) is 0.696. The minimum Gasteiger partial charge on any atom is -0.481 e. The molecule has 0 radical (unpaired) electrons. The number of aliphatic carboxylic acids is 2. The molecule has 0 aromatic heterocycles. The van der Waals surface area contributed by atoms with E-state index in [1.807, 2.05) is 34.6 Å². The molecule has 1 aromatic rings. The normalized spacial score (nSPS) is 16.9. The number of rotatable bonds is 38. The first-order valence-corrected chi connectivity index (χ1v) is 29.8. The van der Waals surface area contributed by atoms with Crippen molar-refractivity contribution in [1.82, 2.24) is 47.4 Å². The molecule has 81 heavy (non-hydrogen) atoms. The molecule has 0 spiro atoms. The Morgan fingerprint density at radius 1 is 0.593 bits per heavy atom. The van der Waals surface area contributed by atoms with Gasteiger partial charge in [-0.25, -0.2) is 4.79 Å². The van der Waals surface area contributed by atoms with Gasteiger partial charge in [0, 0.05) is 19.4 Å². The third-order valence-corrected chi connectivity index (χ3v) is 14.9. The van der Waals surface area contributed by atoms with Gasteiger partial charge in [-0.05, 0) is 106 Å². The second kappa shape index (κ2) is 36.9. The molecule has 456 valence electrons. The monoisotopic (exact) mass is 1160 g/mol. The molecule has 11 atom stereocenters. The van der Waals surface area contributed by atoms with Gasteiger partial charge in [-0.3, -0.25) is 47.9 Å². The summed E-state index contributed by atoms with van der Waals surface area (Å²) in [4.78, 5) is 151. The van der Waals surface area contributed by atoms with Crippen molar-refractivity contribution in [3.8, 4) is 0 Å². The van der Waals surface area contributed by atoms with Gasteiger partial charge in [-0.15, -0.1) is 0 Å². The number of hydrogen-bond donors (Lipinski definition) is 12. The molecule has 9 amide bonds. The Labute approximate surface area is 481 Å². The molecular weight excluding hydrogens is 1070 g/mol. The van der Waals surface area contributed by atoms with Crippen LogP contribution in [0.3, 0.4) is 0 Å². The third-order valence-electron chi connectivity index (χ3n) is 14.3. The van der Waals surface area contributed by atoms with Gasteiger partial charge in [0.25, 0.3) is 0 Å². The molecule has 1 saturated heterocycles. The summed E-state index contributed by atoms with van der Waals surface area (Å²) in [7, 11) is 0. The van der Waals surface area contributed by atoms with Crippen LogP contribution in [0.1, 0.15) is 138 Å². The SMILES string of the molecule is CC[C@H](C)[C@H](NC(=O)CN)C(=O)N[C@@H](CCCCN)C(=O)N[C@@H](CC(C)C)C(=O)N[C@H](C(=O)N[C@@H](CCSC)C(=O)N[C@@H](CCC(=O)O)C(=O)N[C@@H](Cc1ccccc1)C(=O)N[C@@H](CC(C)C)C(=O)N1CCC[C@H]1C(=O)O)[C@@H](C)CC. The summed E-state index contributed by atoms with van der Waals surface area (Å²) in [5.41, 5.74) is 11.9. The van der Waals surface area contributed by atoms with Crippen LogP contribution in [-0.4, -0.2) is 166 Å². The molecule has 1 fully saturated rings. The Morgan fingerprint density at radius 3 is 1.57 bits per heavy atom. The molecule has 24 nitrogen and oxygen atoms in total. The number of amides is 9. The van der Waals surface area contributed by atoms with Crippen molar-refractivity contribution < 1.29 is 63.0 Å². The number of benzene rings is 1. The van der Waals surface area contributed by atoms with Gasteiger partial charge in [-0.1, -0.05) is 98.6 Å². The lowest BCUT2D eigenvalue weighted by atomic mass is 9.96. The number of unbranched alkanes of at least 4 members (excludes halogenated alkanes) is 1. The molecule has 0 aliphatic carbocycles. The fourth-order valence-electron chi connectivity index (χ4n) is 9.25. The van der Waals surface area contributed by atoms with E-state index >= 15 is 0 Å². The predicted octanol–water partition coefficient (Wildman–Crippen LogP) is 1.07. The Hall–Kier alpha value is -6.34. The lowest BCUT2D eigenvalue weighted by molar-refractivity contribution is -0.149. The van der Waals surface area contributed by atoms with Gasteiger partial charge < -0.3 is 69.1 Å². The number of carboxylic acids is 2. The van der Waals surface area contributed by atoms with Crippen LogP contribution in [0.4, 0.5) is 0 Å². The summed E-state index contributed by atoms with van der Waals surface area (Å²) in [6.45, 7) is 14.6. The van der Waals surface area contributed by atoms with Crippen LogP contribution in [0.5, 0.6) is 0 Å². The van der Waals surface area contributed by atoms with E-state index in [-0.39, 0.29) is 69.4 Å². The zero-order valence-corrected chi connectivity index (χ0v) is 49.6. The van der Waals surface area contributed by atoms with Crippen LogP contribution in [0, 0.1) is 23.7 Å². The zero-order chi connectivity index (χ0) is 60.9. The van der Waals surface area contributed by atoms with Crippen molar-refractivity contribution >= 4 is 76.9 Å². The van der Waals surface area contributed by atoms with Crippen LogP contribution in [-0.2, 0) is 59.2 Å². The smallest absolute Gasteiger partial charge is 0.326 e. The van der Waals surface area contributed by atoms with E-state index in [9.17, 15) is 63.0 Å². The average Bonchev–Trinajstić information content (AvgIpc) is 3.93. The van der Waals surface area contributed by atoms with Gasteiger partial charge >= 0.3 is 11.9 Å². The molecule has 1 aliphatic rings. The number of nitrogens with zero attached hydrogens (tertiary/aromatic N) is 1. The van der Waals surface area contributed by atoms with Crippen molar-refractivity contribution in [3.63, 3.8) is 0 Å². The van der Waals surface area contributed by atoms with Crippen LogP contribution in [0.15, 0.2) is 30.3 Å². The molecule has 14 N–H and O–H groups in total. The molecule has 1 aromatic carbocycles. The van der Waals surface area contributed by atoms with E-state index < -0.39 is 138 Å². The number of carboxylic acid groups (broad SMARTS) is 2. The Balaban J connectivity index is 2.49. The van der Waals surface area contributed by atoms with E-state index in [0.717, 1.165) is 0 Å². The van der Waals surface area contributed by atoms with Crippen LogP contribution in [0.2, 0.25) is 0 Å². The Morgan fingerprint density at radius 2 is 1.06 bits per heavy atom. The maximum atomic E-state index is 14.5. The summed E-state index contributed by atoms with van der Waals surface area (Å²) in [5, 5.41) is 41.3. The van der Waals surface area contributed by atoms with Crippen LogP contribution >= 0.6 is 11.8 Å². The number of likely N-dealkylation sites (tertiary alicyclic amines) is 1. The van der Waals surface area contributed by atoms with Crippen molar-refractivity contribution in [2.45, 2.75) is 193 Å². The minimum absolute atomic E-state index is 0.0222. The second-order valence-electron chi connectivity index (χ2n) is 21.8. The highest BCUT2D eigenvalue weighted by atomic mass is 32.2. The van der Waals surface area contributed by atoms with E-state index in [1.54, 1.807) is 57.4 Å². The fourth-order valence-corrected chi connectivity index (χ4v) is 9.72. The Kier molecular flexibility index (Phi) is 32.2. The molecule has 2 rings (SSSR count). The highest BCUT2D eigenvalue weighted by molar-refractivity contribution is 7.98. The van der Waals surface area contributed by atoms with Crippen molar-refractivity contribution in [1.29, 1.82) is 0 Å². The summed E-state index contributed by atoms with van der Waals surface area (Å²) >= 11 is 1.36. The second-order valence-corrected chi connectivity index (χ2v) is 22.8.